The van der Waals surface area contributed by atoms with Crippen molar-refractivity contribution in [3.05, 3.63) is 30.3 Å². The van der Waals surface area contributed by atoms with Crippen molar-refractivity contribution in [2.45, 2.75) is 39.2 Å². The maximum atomic E-state index is 11.1. The summed E-state index contributed by atoms with van der Waals surface area (Å²) in [6, 6.07) is 10.3. The van der Waals surface area contributed by atoms with Crippen LogP contribution in [0.1, 0.15) is 33.1 Å². The maximum absolute atomic E-state index is 11.1. The molecule has 0 aromatic heterocycles. The van der Waals surface area contributed by atoms with Crippen molar-refractivity contribution in [3.8, 4) is 0 Å². The topological polar surface area (TPSA) is 29.1 Å². The summed E-state index contributed by atoms with van der Waals surface area (Å²) in [7, 11) is 0. The van der Waals surface area contributed by atoms with Crippen LogP contribution in [0.5, 0.6) is 0 Å². The third-order valence-corrected chi connectivity index (χ3v) is 2.32. The van der Waals surface area contributed by atoms with Crippen LogP contribution in [0.25, 0.3) is 0 Å². The Kier molecular flexibility index (Phi) is 4.88. The van der Waals surface area contributed by atoms with Gasteiger partial charge in [-0.2, -0.15) is 0 Å². The first-order valence-electron chi connectivity index (χ1n) is 5.53. The minimum Gasteiger partial charge on any atom is -0.382 e. The standard InChI is InChI=1S/C13H19NO/c1-3-7-13(10-11(2)15)14-12-8-5-4-6-9-12/h4-6,8-9,13-14H,3,7,10H2,1-2H3. The Morgan fingerprint density at radius 3 is 2.53 bits per heavy atom. The van der Waals surface area contributed by atoms with Gasteiger partial charge in [-0.15, -0.1) is 0 Å². The van der Waals surface area contributed by atoms with E-state index in [2.05, 4.69) is 12.2 Å². The fraction of sp³-hybridized carbons (Fsp3) is 0.462. The van der Waals surface area contributed by atoms with Gasteiger partial charge in [0, 0.05) is 18.2 Å². The van der Waals surface area contributed by atoms with Crippen molar-refractivity contribution in [3.63, 3.8) is 0 Å². The van der Waals surface area contributed by atoms with E-state index in [9.17, 15) is 4.79 Å². The molecule has 0 heterocycles. The van der Waals surface area contributed by atoms with Crippen LogP contribution in [0.4, 0.5) is 5.69 Å². The molecule has 0 aliphatic heterocycles. The summed E-state index contributed by atoms with van der Waals surface area (Å²) >= 11 is 0. The van der Waals surface area contributed by atoms with Gasteiger partial charge in [0.1, 0.15) is 5.78 Å². The summed E-state index contributed by atoms with van der Waals surface area (Å²) in [6.45, 7) is 3.79. The lowest BCUT2D eigenvalue weighted by molar-refractivity contribution is -0.117. The number of anilines is 1. The van der Waals surface area contributed by atoms with E-state index in [-0.39, 0.29) is 11.8 Å². The number of nitrogens with one attached hydrogen (secondary N) is 1. The second-order valence-electron chi connectivity index (χ2n) is 3.90. The first kappa shape index (κ1) is 11.8. The van der Waals surface area contributed by atoms with Crippen molar-refractivity contribution >= 4 is 11.5 Å². The van der Waals surface area contributed by atoms with Gasteiger partial charge in [-0.3, -0.25) is 4.79 Å². The van der Waals surface area contributed by atoms with Crippen LogP contribution in [-0.2, 0) is 4.79 Å². The average Bonchev–Trinajstić information content (AvgIpc) is 2.18. The molecule has 0 spiro atoms. The molecule has 0 amide bonds. The largest absolute Gasteiger partial charge is 0.382 e. The van der Waals surface area contributed by atoms with Gasteiger partial charge in [0.2, 0.25) is 0 Å². The molecular formula is C13H19NO. The quantitative estimate of drug-likeness (QED) is 0.772. The van der Waals surface area contributed by atoms with E-state index in [4.69, 9.17) is 0 Å². The second-order valence-corrected chi connectivity index (χ2v) is 3.90. The molecule has 1 aromatic carbocycles. The fourth-order valence-electron chi connectivity index (χ4n) is 1.69. The highest BCUT2D eigenvalue weighted by Crippen LogP contribution is 2.12. The van der Waals surface area contributed by atoms with Gasteiger partial charge in [-0.05, 0) is 25.5 Å². The molecule has 2 heteroatoms. The molecule has 82 valence electrons. The van der Waals surface area contributed by atoms with Gasteiger partial charge in [0.15, 0.2) is 0 Å². The Balaban J connectivity index is 2.54. The zero-order valence-electron chi connectivity index (χ0n) is 9.49. The fourth-order valence-corrected chi connectivity index (χ4v) is 1.69. The van der Waals surface area contributed by atoms with E-state index < -0.39 is 0 Å². The van der Waals surface area contributed by atoms with Gasteiger partial charge >= 0.3 is 0 Å². The molecule has 1 aromatic rings. The number of hydrogen-bond donors (Lipinski definition) is 1. The molecule has 0 fully saturated rings. The van der Waals surface area contributed by atoms with Crippen LogP contribution in [0.3, 0.4) is 0 Å². The van der Waals surface area contributed by atoms with Gasteiger partial charge < -0.3 is 5.32 Å². The number of ketones is 1. The number of benzene rings is 1. The molecule has 0 aliphatic carbocycles. The molecule has 2 nitrogen and oxygen atoms in total. The molecule has 0 saturated heterocycles. The predicted molar refractivity (Wildman–Crippen MR) is 64.1 cm³/mol. The molecule has 1 N–H and O–H groups in total. The van der Waals surface area contributed by atoms with Crippen molar-refractivity contribution in [2.24, 2.45) is 0 Å². The lowest BCUT2D eigenvalue weighted by Crippen LogP contribution is -2.21. The molecule has 1 unspecified atom stereocenters. The zero-order valence-corrected chi connectivity index (χ0v) is 9.49. The molecule has 15 heavy (non-hydrogen) atoms. The van der Waals surface area contributed by atoms with E-state index in [0.717, 1.165) is 18.5 Å². The van der Waals surface area contributed by atoms with Crippen LogP contribution in [0, 0.1) is 0 Å². The Morgan fingerprint density at radius 1 is 1.33 bits per heavy atom. The van der Waals surface area contributed by atoms with E-state index in [0.29, 0.717) is 6.42 Å². The normalized spacial score (nSPS) is 12.1. The van der Waals surface area contributed by atoms with Gasteiger partial charge in [-0.1, -0.05) is 31.5 Å². The van der Waals surface area contributed by atoms with Crippen LogP contribution >= 0.6 is 0 Å². The molecular weight excluding hydrogens is 186 g/mol. The minimum absolute atomic E-state index is 0.247. The second kappa shape index (κ2) is 6.23. The maximum Gasteiger partial charge on any atom is 0.131 e. The molecule has 0 aliphatic rings. The van der Waals surface area contributed by atoms with Crippen LogP contribution in [0.2, 0.25) is 0 Å². The summed E-state index contributed by atoms with van der Waals surface area (Å²) in [4.78, 5) is 11.1. The molecule has 0 saturated carbocycles. The van der Waals surface area contributed by atoms with Crippen molar-refractivity contribution < 1.29 is 4.79 Å². The first-order valence-corrected chi connectivity index (χ1v) is 5.53. The van der Waals surface area contributed by atoms with Crippen molar-refractivity contribution in [1.82, 2.24) is 0 Å². The summed E-state index contributed by atoms with van der Waals surface area (Å²) in [5.74, 6) is 0.247. The number of para-hydroxylation sites is 1. The van der Waals surface area contributed by atoms with E-state index >= 15 is 0 Å². The number of Topliss-reactive ketones (excluding diaryl/α,β-unsaturated/α-hetero) is 1. The average molecular weight is 205 g/mol. The van der Waals surface area contributed by atoms with E-state index in [1.165, 1.54) is 0 Å². The Morgan fingerprint density at radius 2 is 2.00 bits per heavy atom. The monoisotopic (exact) mass is 205 g/mol. The Hall–Kier alpha value is -1.31. The Bertz CT molecular complexity index is 295. The number of carbonyl (C=O) groups is 1. The van der Waals surface area contributed by atoms with Crippen LogP contribution in [-0.4, -0.2) is 11.8 Å². The van der Waals surface area contributed by atoms with Gasteiger partial charge in [0.05, 0.1) is 0 Å². The summed E-state index contributed by atoms with van der Waals surface area (Å²) in [5, 5.41) is 3.39. The van der Waals surface area contributed by atoms with Gasteiger partial charge in [0.25, 0.3) is 0 Å². The minimum atomic E-state index is 0.247. The van der Waals surface area contributed by atoms with E-state index in [1.54, 1.807) is 6.92 Å². The lowest BCUT2D eigenvalue weighted by atomic mass is 10.1. The molecule has 0 radical (unpaired) electrons. The summed E-state index contributed by atoms with van der Waals surface area (Å²) in [6.07, 6.45) is 2.75. The molecule has 1 rings (SSSR count). The number of hydrogen-bond acceptors (Lipinski definition) is 2. The predicted octanol–water partition coefficient (Wildman–Crippen LogP) is 3.25. The third-order valence-electron chi connectivity index (χ3n) is 2.32. The number of carbonyl (C=O) groups excluding carboxylic acids is 1. The molecule has 0 bridgehead atoms. The van der Waals surface area contributed by atoms with Crippen LogP contribution < -0.4 is 5.32 Å². The third kappa shape index (κ3) is 4.63. The number of rotatable bonds is 6. The highest BCUT2D eigenvalue weighted by atomic mass is 16.1. The lowest BCUT2D eigenvalue weighted by Gasteiger charge is -2.17. The summed E-state index contributed by atoms with van der Waals surface area (Å²) in [5.41, 5.74) is 1.09. The van der Waals surface area contributed by atoms with Crippen molar-refractivity contribution in [1.29, 1.82) is 0 Å². The van der Waals surface area contributed by atoms with Crippen molar-refractivity contribution in [2.75, 3.05) is 5.32 Å². The smallest absolute Gasteiger partial charge is 0.131 e. The molecule has 1 atom stereocenters. The summed E-state index contributed by atoms with van der Waals surface area (Å²) < 4.78 is 0. The SMILES string of the molecule is CCCC(CC(C)=O)Nc1ccccc1. The highest BCUT2D eigenvalue weighted by Gasteiger charge is 2.09. The van der Waals surface area contributed by atoms with Crippen LogP contribution in [0.15, 0.2) is 30.3 Å². The van der Waals surface area contributed by atoms with Gasteiger partial charge in [-0.25, -0.2) is 0 Å². The zero-order chi connectivity index (χ0) is 11.1. The first-order chi connectivity index (χ1) is 7.22. The Labute approximate surface area is 91.7 Å². The highest BCUT2D eigenvalue weighted by molar-refractivity contribution is 5.76. The van der Waals surface area contributed by atoms with E-state index in [1.807, 2.05) is 30.3 Å².